The minimum Gasteiger partial charge on any atom is -0.293 e. The molecule has 0 aromatic heterocycles. The van der Waals surface area contributed by atoms with Crippen molar-refractivity contribution in [2.24, 2.45) is 11.8 Å². The molecular formula is C22H29NO. The van der Waals surface area contributed by atoms with Crippen LogP contribution in [0.25, 0.3) is 10.8 Å². The van der Waals surface area contributed by atoms with E-state index >= 15 is 0 Å². The summed E-state index contributed by atoms with van der Waals surface area (Å²) in [6, 6.07) is 16.2. The van der Waals surface area contributed by atoms with E-state index in [1.54, 1.807) is 0 Å². The van der Waals surface area contributed by atoms with Crippen molar-refractivity contribution >= 4 is 10.8 Å². The van der Waals surface area contributed by atoms with E-state index in [1.807, 2.05) is 0 Å². The third-order valence-corrected chi connectivity index (χ3v) is 6.57. The lowest BCUT2D eigenvalue weighted by Gasteiger charge is -2.46. The topological polar surface area (TPSA) is 12.5 Å². The van der Waals surface area contributed by atoms with Gasteiger partial charge < -0.3 is 0 Å². The van der Waals surface area contributed by atoms with Gasteiger partial charge in [0.05, 0.1) is 5.60 Å². The smallest absolute Gasteiger partial charge is 0.0887 e. The molecule has 2 fully saturated rings. The Labute approximate surface area is 145 Å². The summed E-state index contributed by atoms with van der Waals surface area (Å²) in [7, 11) is 2.11. The van der Waals surface area contributed by atoms with E-state index in [2.05, 4.69) is 82.3 Å². The first-order chi connectivity index (χ1) is 11.3. The second kappa shape index (κ2) is 5.31. The van der Waals surface area contributed by atoms with E-state index in [1.165, 1.54) is 29.2 Å². The number of nitrogens with zero attached hydrogens (tertiary/aromatic N) is 1. The SMILES string of the molecule is C[C@H]1C[C@@](C)(c2cccc3ccccc23)C[C@@H]2[C@@H]1N(C)OC2(C)C. The van der Waals surface area contributed by atoms with Crippen molar-refractivity contribution in [1.29, 1.82) is 0 Å². The van der Waals surface area contributed by atoms with Crippen LogP contribution in [-0.2, 0) is 10.3 Å². The predicted octanol–water partition coefficient (Wildman–Crippen LogP) is 5.17. The molecule has 1 aliphatic carbocycles. The summed E-state index contributed by atoms with van der Waals surface area (Å²) in [5.74, 6) is 1.19. The minimum absolute atomic E-state index is 0.0834. The maximum Gasteiger partial charge on any atom is 0.0887 e. The Bertz CT molecular complexity index is 762. The summed E-state index contributed by atoms with van der Waals surface area (Å²) in [5, 5.41) is 4.90. The maximum absolute atomic E-state index is 6.22. The number of hydrogen-bond donors (Lipinski definition) is 0. The van der Waals surface area contributed by atoms with Crippen LogP contribution in [0.15, 0.2) is 42.5 Å². The van der Waals surface area contributed by atoms with E-state index in [0.717, 1.165) is 0 Å². The molecule has 128 valence electrons. The highest BCUT2D eigenvalue weighted by molar-refractivity contribution is 5.86. The first kappa shape index (κ1) is 16.1. The van der Waals surface area contributed by atoms with Gasteiger partial charge in [-0.15, -0.1) is 0 Å². The second-order valence-corrected chi connectivity index (χ2v) is 8.81. The third-order valence-electron chi connectivity index (χ3n) is 6.57. The lowest BCUT2D eigenvalue weighted by atomic mass is 9.58. The molecule has 1 aliphatic heterocycles. The zero-order chi connectivity index (χ0) is 17.1. The molecule has 1 saturated carbocycles. The van der Waals surface area contributed by atoms with Gasteiger partial charge in [-0.2, -0.15) is 5.06 Å². The molecule has 4 atom stereocenters. The average Bonchev–Trinajstić information content (AvgIpc) is 2.75. The Kier molecular flexibility index (Phi) is 3.56. The van der Waals surface area contributed by atoms with Crippen molar-refractivity contribution in [2.45, 2.75) is 57.6 Å². The highest BCUT2D eigenvalue weighted by atomic mass is 16.7. The number of rotatable bonds is 1. The van der Waals surface area contributed by atoms with Gasteiger partial charge in [0.15, 0.2) is 0 Å². The summed E-state index contributed by atoms with van der Waals surface area (Å²) >= 11 is 0. The van der Waals surface area contributed by atoms with Crippen LogP contribution in [0.2, 0.25) is 0 Å². The molecule has 0 unspecified atom stereocenters. The Balaban J connectivity index is 1.80. The molecular weight excluding hydrogens is 294 g/mol. The predicted molar refractivity (Wildman–Crippen MR) is 99.9 cm³/mol. The Morgan fingerprint density at radius 2 is 1.71 bits per heavy atom. The highest BCUT2D eigenvalue weighted by Crippen LogP contribution is 2.53. The molecule has 24 heavy (non-hydrogen) atoms. The summed E-state index contributed by atoms with van der Waals surface area (Å²) in [6.07, 6.45) is 2.40. The van der Waals surface area contributed by atoms with Gasteiger partial charge in [-0.3, -0.25) is 4.84 Å². The zero-order valence-corrected chi connectivity index (χ0v) is 15.5. The van der Waals surface area contributed by atoms with E-state index in [9.17, 15) is 0 Å². The maximum atomic E-state index is 6.22. The summed E-state index contributed by atoms with van der Waals surface area (Å²) in [5.41, 5.74) is 1.63. The third kappa shape index (κ3) is 2.31. The first-order valence-electron chi connectivity index (χ1n) is 9.22. The lowest BCUT2D eigenvalue weighted by molar-refractivity contribution is -0.182. The van der Waals surface area contributed by atoms with E-state index in [0.29, 0.717) is 17.9 Å². The van der Waals surface area contributed by atoms with Crippen LogP contribution in [0, 0.1) is 11.8 Å². The first-order valence-corrected chi connectivity index (χ1v) is 9.22. The molecule has 2 aromatic carbocycles. The van der Waals surface area contributed by atoms with Crippen molar-refractivity contribution in [3.05, 3.63) is 48.0 Å². The molecule has 4 rings (SSSR count). The summed E-state index contributed by atoms with van der Waals surface area (Å²) in [6.45, 7) is 9.39. The monoisotopic (exact) mass is 323 g/mol. The molecule has 0 amide bonds. The van der Waals surface area contributed by atoms with Gasteiger partial charge in [-0.25, -0.2) is 0 Å². The van der Waals surface area contributed by atoms with Crippen LogP contribution < -0.4 is 0 Å². The number of benzene rings is 2. The number of fused-ring (bicyclic) bond motifs is 2. The minimum atomic E-state index is -0.0834. The number of hydrogen-bond acceptors (Lipinski definition) is 2. The largest absolute Gasteiger partial charge is 0.293 e. The van der Waals surface area contributed by atoms with Gasteiger partial charge in [-0.05, 0) is 54.4 Å². The molecule has 1 heterocycles. The van der Waals surface area contributed by atoms with Crippen molar-refractivity contribution < 1.29 is 4.84 Å². The van der Waals surface area contributed by atoms with Gasteiger partial charge in [0.25, 0.3) is 0 Å². The van der Waals surface area contributed by atoms with Gasteiger partial charge in [0, 0.05) is 19.0 Å². The fourth-order valence-corrected chi connectivity index (χ4v) is 5.66. The van der Waals surface area contributed by atoms with Crippen LogP contribution in [0.4, 0.5) is 0 Å². The number of hydroxylamine groups is 2. The standard InChI is InChI=1S/C22H29NO/c1-15-13-22(4,14-19-20(15)23(5)24-21(19,2)3)18-12-8-10-16-9-6-7-11-17(16)18/h6-12,15,19-20H,13-14H2,1-5H3/t15-,19+,20+,22+/m0/s1. The molecule has 2 heteroatoms. The van der Waals surface area contributed by atoms with Crippen LogP contribution in [0.1, 0.15) is 46.1 Å². The summed E-state index contributed by atoms with van der Waals surface area (Å²) < 4.78 is 0. The van der Waals surface area contributed by atoms with Gasteiger partial charge in [-0.1, -0.05) is 56.3 Å². The zero-order valence-electron chi connectivity index (χ0n) is 15.5. The Morgan fingerprint density at radius 1 is 1.00 bits per heavy atom. The Hall–Kier alpha value is -1.38. The fraction of sp³-hybridized carbons (Fsp3) is 0.545. The molecule has 1 saturated heterocycles. The lowest BCUT2D eigenvalue weighted by Crippen LogP contribution is -2.48. The quantitative estimate of drug-likeness (QED) is 0.718. The van der Waals surface area contributed by atoms with Crippen molar-refractivity contribution in [3.8, 4) is 0 Å². The molecule has 0 N–H and O–H groups in total. The van der Waals surface area contributed by atoms with Crippen molar-refractivity contribution in [1.82, 2.24) is 5.06 Å². The van der Waals surface area contributed by atoms with Gasteiger partial charge >= 0.3 is 0 Å². The van der Waals surface area contributed by atoms with Crippen molar-refractivity contribution in [2.75, 3.05) is 7.05 Å². The molecule has 0 bridgehead atoms. The van der Waals surface area contributed by atoms with Gasteiger partial charge in [0.1, 0.15) is 0 Å². The van der Waals surface area contributed by atoms with Crippen LogP contribution in [0.5, 0.6) is 0 Å². The fourth-order valence-electron chi connectivity index (χ4n) is 5.66. The molecule has 0 spiro atoms. The van der Waals surface area contributed by atoms with E-state index < -0.39 is 0 Å². The Morgan fingerprint density at radius 3 is 2.50 bits per heavy atom. The van der Waals surface area contributed by atoms with Crippen molar-refractivity contribution in [3.63, 3.8) is 0 Å². The van der Waals surface area contributed by atoms with E-state index in [4.69, 9.17) is 4.84 Å². The van der Waals surface area contributed by atoms with E-state index in [-0.39, 0.29) is 11.0 Å². The van der Waals surface area contributed by atoms with Gasteiger partial charge in [0.2, 0.25) is 0 Å². The second-order valence-electron chi connectivity index (χ2n) is 8.81. The molecule has 2 aromatic rings. The highest BCUT2D eigenvalue weighted by Gasteiger charge is 2.55. The van der Waals surface area contributed by atoms with Crippen LogP contribution in [-0.4, -0.2) is 23.8 Å². The van der Waals surface area contributed by atoms with Crippen LogP contribution in [0.3, 0.4) is 0 Å². The van der Waals surface area contributed by atoms with Crippen LogP contribution >= 0.6 is 0 Å². The molecule has 2 aliphatic rings. The molecule has 0 radical (unpaired) electrons. The summed E-state index contributed by atoms with van der Waals surface area (Å²) in [4.78, 5) is 6.22. The normalized spacial score (nSPS) is 36.0. The molecule has 2 nitrogen and oxygen atoms in total. The average molecular weight is 323 g/mol.